The lowest BCUT2D eigenvalue weighted by molar-refractivity contribution is 0.0377. The summed E-state index contributed by atoms with van der Waals surface area (Å²) in [7, 11) is -3.42. The number of aliphatic imine (C=N–C) groups is 1. The Morgan fingerprint density at radius 1 is 1.38 bits per heavy atom. The maximum atomic E-state index is 11.9. The van der Waals surface area contributed by atoms with E-state index in [0.717, 1.165) is 39.3 Å². The Morgan fingerprint density at radius 2 is 2.17 bits per heavy atom. The zero-order chi connectivity index (χ0) is 17.3. The van der Waals surface area contributed by atoms with Gasteiger partial charge >= 0.3 is 0 Å². The van der Waals surface area contributed by atoms with Crippen LogP contribution >= 0.6 is 11.3 Å². The number of rotatable bonds is 9. The summed E-state index contributed by atoms with van der Waals surface area (Å²) in [5.41, 5.74) is 5.77. The molecule has 0 radical (unpaired) electrons. The van der Waals surface area contributed by atoms with Gasteiger partial charge in [0.25, 0.3) is 0 Å². The molecule has 0 amide bonds. The Labute approximate surface area is 147 Å². The number of hydrogen-bond donors (Lipinski definition) is 3. The Balaban J connectivity index is 1.56. The molecule has 2 heterocycles. The van der Waals surface area contributed by atoms with Crippen molar-refractivity contribution in [2.24, 2.45) is 10.7 Å². The van der Waals surface area contributed by atoms with Crippen LogP contribution in [0.15, 0.2) is 26.7 Å². The smallest absolute Gasteiger partial charge is 0.250 e. The maximum Gasteiger partial charge on any atom is 0.250 e. The van der Waals surface area contributed by atoms with Crippen LogP contribution in [0.3, 0.4) is 0 Å². The average molecular weight is 376 g/mol. The minimum atomic E-state index is -3.42. The van der Waals surface area contributed by atoms with Crippen LogP contribution in [0, 0.1) is 0 Å². The Bertz CT molecular complexity index is 598. The van der Waals surface area contributed by atoms with Crippen molar-refractivity contribution >= 4 is 27.3 Å². The number of ether oxygens (including phenoxy) is 1. The van der Waals surface area contributed by atoms with Crippen molar-refractivity contribution in [1.29, 1.82) is 0 Å². The summed E-state index contributed by atoms with van der Waals surface area (Å²) in [5, 5.41) is 4.64. The van der Waals surface area contributed by atoms with Crippen LogP contribution in [-0.2, 0) is 14.8 Å². The molecule has 0 unspecified atom stereocenters. The van der Waals surface area contributed by atoms with Crippen LogP contribution in [0.4, 0.5) is 0 Å². The van der Waals surface area contributed by atoms with Crippen LogP contribution in [0.2, 0.25) is 0 Å². The number of hydrogen-bond acceptors (Lipinski definition) is 6. The molecule has 24 heavy (non-hydrogen) atoms. The topological polar surface area (TPSA) is 109 Å². The first-order valence-corrected chi connectivity index (χ1v) is 10.3. The van der Waals surface area contributed by atoms with E-state index in [1.807, 2.05) is 0 Å². The van der Waals surface area contributed by atoms with Crippen molar-refractivity contribution in [1.82, 2.24) is 14.9 Å². The fourth-order valence-corrected chi connectivity index (χ4v) is 4.31. The highest BCUT2D eigenvalue weighted by Crippen LogP contribution is 2.14. The third kappa shape index (κ3) is 6.73. The van der Waals surface area contributed by atoms with Crippen molar-refractivity contribution in [3.63, 3.8) is 0 Å². The van der Waals surface area contributed by atoms with Gasteiger partial charge in [-0.2, -0.15) is 0 Å². The minimum Gasteiger partial charge on any atom is -0.379 e. The van der Waals surface area contributed by atoms with Gasteiger partial charge in [0.05, 0.1) is 13.2 Å². The third-order valence-electron chi connectivity index (χ3n) is 3.50. The molecule has 1 fully saturated rings. The molecule has 0 saturated carbocycles. The van der Waals surface area contributed by atoms with Gasteiger partial charge in [-0.05, 0) is 17.9 Å². The van der Waals surface area contributed by atoms with Gasteiger partial charge in [0.1, 0.15) is 4.21 Å². The van der Waals surface area contributed by atoms with Crippen molar-refractivity contribution in [2.45, 2.75) is 10.6 Å². The van der Waals surface area contributed by atoms with Gasteiger partial charge < -0.3 is 15.8 Å². The lowest BCUT2D eigenvalue weighted by atomic mass is 10.3. The molecule has 0 bridgehead atoms. The molecule has 0 spiro atoms. The number of nitrogens with two attached hydrogens (primary N) is 1. The summed E-state index contributed by atoms with van der Waals surface area (Å²) in [6.07, 6.45) is 0.938. The first kappa shape index (κ1) is 19.1. The monoisotopic (exact) mass is 375 g/mol. The van der Waals surface area contributed by atoms with E-state index in [9.17, 15) is 8.42 Å². The molecule has 0 aromatic carbocycles. The molecule has 10 heteroatoms. The fraction of sp³-hybridized carbons (Fsp3) is 0.643. The quantitative estimate of drug-likeness (QED) is 0.309. The third-order valence-corrected chi connectivity index (χ3v) is 6.36. The number of guanidine groups is 1. The van der Waals surface area contributed by atoms with Crippen molar-refractivity contribution < 1.29 is 13.2 Å². The number of nitrogens with one attached hydrogen (secondary N) is 2. The van der Waals surface area contributed by atoms with Gasteiger partial charge in [-0.15, -0.1) is 11.3 Å². The molecule has 0 atom stereocenters. The second-order valence-electron chi connectivity index (χ2n) is 5.33. The zero-order valence-corrected chi connectivity index (χ0v) is 15.2. The van der Waals surface area contributed by atoms with Crippen LogP contribution in [-0.4, -0.2) is 71.8 Å². The largest absolute Gasteiger partial charge is 0.379 e. The van der Waals surface area contributed by atoms with Crippen LogP contribution in [0.5, 0.6) is 0 Å². The van der Waals surface area contributed by atoms with Crippen molar-refractivity contribution in [3.8, 4) is 0 Å². The molecule has 1 aromatic rings. The van der Waals surface area contributed by atoms with Crippen molar-refractivity contribution in [2.75, 3.05) is 52.5 Å². The highest BCUT2D eigenvalue weighted by molar-refractivity contribution is 7.91. The Hall–Kier alpha value is -1.20. The van der Waals surface area contributed by atoms with Crippen LogP contribution < -0.4 is 15.8 Å². The lowest BCUT2D eigenvalue weighted by Gasteiger charge is -2.26. The molecule has 8 nitrogen and oxygen atoms in total. The van der Waals surface area contributed by atoms with E-state index in [4.69, 9.17) is 10.5 Å². The zero-order valence-electron chi connectivity index (χ0n) is 13.6. The number of nitrogens with zero attached hydrogens (tertiary/aromatic N) is 2. The molecule has 1 aromatic heterocycles. The second kappa shape index (κ2) is 9.94. The van der Waals surface area contributed by atoms with Gasteiger partial charge in [0, 0.05) is 39.3 Å². The summed E-state index contributed by atoms with van der Waals surface area (Å²) in [6.45, 7) is 5.83. The summed E-state index contributed by atoms with van der Waals surface area (Å²) >= 11 is 1.19. The van der Waals surface area contributed by atoms with E-state index in [2.05, 4.69) is 19.9 Å². The normalized spacial score (nSPS) is 17.1. The minimum absolute atomic E-state index is 0.254. The van der Waals surface area contributed by atoms with Gasteiger partial charge in [0.2, 0.25) is 10.0 Å². The molecule has 1 aliphatic rings. The van der Waals surface area contributed by atoms with E-state index in [-0.39, 0.29) is 6.54 Å². The summed E-state index contributed by atoms with van der Waals surface area (Å²) in [5.74, 6) is 0.340. The highest BCUT2D eigenvalue weighted by atomic mass is 32.2. The van der Waals surface area contributed by atoms with Gasteiger partial charge in [-0.1, -0.05) is 6.07 Å². The summed E-state index contributed by atoms with van der Waals surface area (Å²) in [4.78, 5) is 6.59. The number of morpholine rings is 1. The molecule has 2 rings (SSSR count). The van der Waals surface area contributed by atoms with Crippen LogP contribution in [0.25, 0.3) is 0 Å². The van der Waals surface area contributed by atoms with E-state index in [0.29, 0.717) is 23.3 Å². The Kier molecular flexibility index (Phi) is 7.92. The average Bonchev–Trinajstić information content (AvgIpc) is 3.12. The predicted molar refractivity (Wildman–Crippen MR) is 95.9 cm³/mol. The standard InChI is InChI=1S/C14H25N5O3S2/c15-14(16-4-2-7-19-8-10-22-11-9-19)17-5-6-18-24(20,21)13-3-1-12-23-13/h1,3,12,18H,2,4-11H2,(H3,15,16,17). The SMILES string of the molecule is NC(=NCCCN1CCOCC1)NCCNS(=O)(=O)c1cccs1. The Morgan fingerprint density at radius 3 is 2.88 bits per heavy atom. The molecular formula is C14H25N5O3S2. The van der Waals surface area contributed by atoms with E-state index in [1.54, 1.807) is 17.5 Å². The van der Waals surface area contributed by atoms with Gasteiger partial charge in [-0.3, -0.25) is 9.89 Å². The number of sulfonamides is 1. The molecule has 136 valence electrons. The fourth-order valence-electron chi connectivity index (χ4n) is 2.24. The van der Waals surface area contributed by atoms with Crippen molar-refractivity contribution in [3.05, 3.63) is 17.5 Å². The molecule has 0 aliphatic carbocycles. The van der Waals surface area contributed by atoms with Crippen LogP contribution in [0.1, 0.15) is 6.42 Å². The maximum absolute atomic E-state index is 11.9. The molecule has 1 saturated heterocycles. The highest BCUT2D eigenvalue weighted by Gasteiger charge is 2.13. The number of thiophene rings is 1. The summed E-state index contributed by atoms with van der Waals surface area (Å²) < 4.78 is 31.9. The lowest BCUT2D eigenvalue weighted by Crippen LogP contribution is -2.39. The molecular weight excluding hydrogens is 350 g/mol. The molecule has 4 N–H and O–H groups in total. The van der Waals surface area contributed by atoms with Gasteiger partial charge in [-0.25, -0.2) is 13.1 Å². The first-order chi connectivity index (χ1) is 11.6. The summed E-state index contributed by atoms with van der Waals surface area (Å²) in [6, 6.07) is 3.28. The van der Waals surface area contributed by atoms with E-state index in [1.165, 1.54) is 11.3 Å². The van der Waals surface area contributed by atoms with Gasteiger partial charge in [0.15, 0.2) is 5.96 Å². The molecule has 1 aliphatic heterocycles. The van der Waals surface area contributed by atoms with E-state index < -0.39 is 10.0 Å². The van der Waals surface area contributed by atoms with E-state index >= 15 is 0 Å². The first-order valence-electron chi connectivity index (χ1n) is 7.95. The predicted octanol–water partition coefficient (Wildman–Crippen LogP) is -0.347. The second-order valence-corrected chi connectivity index (χ2v) is 8.27.